The van der Waals surface area contributed by atoms with Crippen molar-refractivity contribution in [2.24, 2.45) is 5.41 Å². The molecule has 2 heterocycles. The van der Waals surface area contributed by atoms with Crippen molar-refractivity contribution in [3.63, 3.8) is 0 Å². The Morgan fingerprint density at radius 3 is 1.83 bits per heavy atom. The van der Waals surface area contributed by atoms with Crippen LogP contribution in [0, 0.1) is 35.1 Å². The Morgan fingerprint density at radius 1 is 0.829 bits per heavy atom. The van der Waals surface area contributed by atoms with Crippen LogP contribution in [0.1, 0.15) is 142 Å². The molecule has 0 saturated carbocycles. The highest BCUT2D eigenvalue weighted by atomic mass is 31.2. The molecule has 70 heavy (non-hydrogen) atoms. The second-order valence-corrected chi connectivity index (χ2v) is 27.7. The smallest absolute Gasteiger partial charge is 0.317 e. The molecule has 4 atom stereocenters. The van der Waals surface area contributed by atoms with Gasteiger partial charge in [0.25, 0.3) is 8.53 Å². The van der Waals surface area contributed by atoms with E-state index in [1.807, 2.05) is 100 Å². The zero-order chi connectivity index (χ0) is 51.6. The molecular formula is C57H78N3O8PSi. The molecule has 0 aliphatic carbocycles. The molecule has 0 radical (unpaired) electrons. The third-order valence-corrected chi connectivity index (χ3v) is 21.8. The number of benzene rings is 3. The van der Waals surface area contributed by atoms with Gasteiger partial charge < -0.3 is 32.7 Å². The normalized spacial score (nSPS) is 17.0. The number of aromatic nitrogens is 1. The Morgan fingerprint density at radius 2 is 1.36 bits per heavy atom. The van der Waals surface area contributed by atoms with Crippen LogP contribution in [-0.4, -0.2) is 75.4 Å². The SMILES string of the molecule is COc1ccc(C(OC[C@H]2O[C@@H](c3cc(C)c(OC(=O)C(C)(C)C)nc3C#C[Si](C(C)C)(C(C)C)C(C)C)C[C@H]2OP(OCCC#N)N(C(C)C)C(C)C)(c2ccccc2)c2ccc(OC)cc2)cc1. The van der Waals surface area contributed by atoms with Gasteiger partial charge in [-0.25, -0.2) is 9.65 Å². The van der Waals surface area contributed by atoms with Gasteiger partial charge in [0.1, 0.15) is 37.0 Å². The number of hydrogen-bond acceptors (Lipinski definition) is 11. The maximum atomic E-state index is 13.4. The van der Waals surface area contributed by atoms with Crippen LogP contribution in [0.3, 0.4) is 0 Å². The van der Waals surface area contributed by atoms with Crippen molar-refractivity contribution in [1.82, 2.24) is 9.65 Å². The van der Waals surface area contributed by atoms with E-state index < -0.39 is 45.9 Å². The number of nitriles is 1. The van der Waals surface area contributed by atoms with Gasteiger partial charge in [-0.3, -0.25) is 4.79 Å². The minimum atomic E-state index is -2.26. The second-order valence-electron chi connectivity index (χ2n) is 20.7. The zero-order valence-corrected chi connectivity index (χ0v) is 46.5. The lowest BCUT2D eigenvalue weighted by atomic mass is 9.80. The van der Waals surface area contributed by atoms with Gasteiger partial charge in [-0.2, -0.15) is 5.26 Å². The Balaban J connectivity index is 1.73. The number of ether oxygens (including phenoxy) is 5. The molecule has 0 N–H and O–H groups in total. The van der Waals surface area contributed by atoms with E-state index in [0.717, 1.165) is 33.8 Å². The summed E-state index contributed by atoms with van der Waals surface area (Å²) in [5.41, 5.74) is 7.81. The third kappa shape index (κ3) is 12.9. The van der Waals surface area contributed by atoms with Gasteiger partial charge in [-0.15, -0.1) is 5.54 Å². The van der Waals surface area contributed by atoms with Crippen molar-refractivity contribution in [2.75, 3.05) is 27.4 Å². The van der Waals surface area contributed by atoms with E-state index >= 15 is 0 Å². The monoisotopic (exact) mass is 992 g/mol. The van der Waals surface area contributed by atoms with Crippen molar-refractivity contribution in [3.05, 3.63) is 118 Å². The van der Waals surface area contributed by atoms with Crippen LogP contribution in [0.5, 0.6) is 17.4 Å². The minimum Gasteiger partial charge on any atom is -0.497 e. The largest absolute Gasteiger partial charge is 0.497 e. The lowest BCUT2D eigenvalue weighted by molar-refractivity contribution is -0.143. The van der Waals surface area contributed by atoms with Crippen LogP contribution in [0.15, 0.2) is 84.9 Å². The molecule has 1 aliphatic rings. The van der Waals surface area contributed by atoms with E-state index in [-0.39, 0.29) is 43.6 Å². The van der Waals surface area contributed by atoms with Crippen LogP contribution in [-0.2, 0) is 28.9 Å². The van der Waals surface area contributed by atoms with E-state index in [4.69, 9.17) is 37.7 Å². The fraction of sp³-hybridized carbons (Fsp3) is 0.526. The number of esters is 1. The Hall–Kier alpha value is -4.62. The van der Waals surface area contributed by atoms with Crippen LogP contribution in [0.25, 0.3) is 0 Å². The molecular weight excluding hydrogens is 914 g/mol. The summed E-state index contributed by atoms with van der Waals surface area (Å²) in [6.45, 7) is 29.9. The van der Waals surface area contributed by atoms with Crippen LogP contribution in [0.4, 0.5) is 0 Å². The molecule has 11 nitrogen and oxygen atoms in total. The van der Waals surface area contributed by atoms with Gasteiger partial charge in [0.15, 0.2) is 0 Å². The number of methoxy groups -OCH3 is 2. The zero-order valence-electron chi connectivity index (χ0n) is 44.6. The maximum Gasteiger partial charge on any atom is 0.317 e. The van der Waals surface area contributed by atoms with Gasteiger partial charge in [0, 0.05) is 29.6 Å². The molecule has 1 aromatic heterocycles. The first-order chi connectivity index (χ1) is 33.1. The summed E-state index contributed by atoms with van der Waals surface area (Å²) in [5.74, 6) is 4.91. The Kier molecular flexibility index (Phi) is 19.8. The van der Waals surface area contributed by atoms with Gasteiger partial charge in [-0.1, -0.05) is 102 Å². The Labute approximate surface area is 421 Å². The molecule has 1 saturated heterocycles. The highest BCUT2D eigenvalue weighted by Gasteiger charge is 2.46. The predicted molar refractivity (Wildman–Crippen MR) is 283 cm³/mol. The van der Waals surface area contributed by atoms with Crippen molar-refractivity contribution in [3.8, 4) is 34.9 Å². The van der Waals surface area contributed by atoms with Crippen LogP contribution >= 0.6 is 8.53 Å². The molecule has 0 amide bonds. The summed E-state index contributed by atoms with van der Waals surface area (Å²) in [5, 5.41) is 9.58. The van der Waals surface area contributed by atoms with Crippen molar-refractivity contribution < 1.29 is 37.5 Å². The van der Waals surface area contributed by atoms with Crippen LogP contribution in [0.2, 0.25) is 16.6 Å². The number of hydrogen-bond donors (Lipinski definition) is 0. The fourth-order valence-electron chi connectivity index (χ4n) is 9.77. The Bertz CT molecular complexity index is 2340. The molecule has 0 spiro atoms. The molecule has 13 heteroatoms. The van der Waals surface area contributed by atoms with Gasteiger partial charge in [-0.05, 0) is 119 Å². The summed E-state index contributed by atoms with van der Waals surface area (Å²) >= 11 is 0. The number of aryl methyl sites for hydroxylation is 1. The number of pyridine rings is 1. The molecule has 5 rings (SSSR count). The summed E-state index contributed by atoms with van der Waals surface area (Å²) in [4.78, 5) is 18.5. The summed E-state index contributed by atoms with van der Waals surface area (Å²) in [6.07, 6.45) is -1.09. The first-order valence-corrected chi connectivity index (χ1v) is 28.2. The molecule has 4 aromatic rings. The first-order valence-electron chi connectivity index (χ1n) is 24.8. The van der Waals surface area contributed by atoms with E-state index in [1.54, 1.807) is 14.2 Å². The van der Waals surface area contributed by atoms with Crippen molar-refractivity contribution in [2.45, 2.75) is 162 Å². The average molecular weight is 992 g/mol. The summed E-state index contributed by atoms with van der Waals surface area (Å²) in [6, 6.07) is 30.5. The quantitative estimate of drug-likeness (QED) is 0.0198. The van der Waals surface area contributed by atoms with Crippen molar-refractivity contribution in [1.29, 1.82) is 5.26 Å². The third-order valence-electron chi connectivity index (χ3n) is 13.3. The molecule has 1 fully saturated rings. The van der Waals surface area contributed by atoms with E-state index in [2.05, 4.69) is 104 Å². The van der Waals surface area contributed by atoms with E-state index in [0.29, 0.717) is 34.3 Å². The highest BCUT2D eigenvalue weighted by Crippen LogP contribution is 2.52. The number of nitrogens with zero attached hydrogens (tertiary/aromatic N) is 3. The minimum absolute atomic E-state index is 0.0706. The van der Waals surface area contributed by atoms with Gasteiger partial charge in [0.05, 0.1) is 57.5 Å². The van der Waals surface area contributed by atoms with Gasteiger partial charge in [0.2, 0.25) is 5.88 Å². The van der Waals surface area contributed by atoms with Crippen LogP contribution < -0.4 is 14.2 Å². The number of carbonyl (C=O) groups is 1. The average Bonchev–Trinajstić information content (AvgIpc) is 3.71. The molecule has 1 unspecified atom stereocenters. The van der Waals surface area contributed by atoms with Gasteiger partial charge >= 0.3 is 5.97 Å². The standard InChI is InChI=1S/C57H78N3O8PSi/c1-38(2)60(39(3)4)69(65-33-20-32-58)68-52-36-51(49-35-43(11)54(67-55(61)56(12,13)14)59-50(49)31-34-70(40(5)6,41(7)8)42(9)10)66-53(52)37-64-57(44-21-18-17-19-22-44,45-23-27-47(62-15)28-24-45)46-25-29-48(63-16)30-26-46/h17-19,21-30,35,38-42,51-53H,20,33,36-37H2,1-16H3/t51-,52-,53-,69?/m1/s1. The van der Waals surface area contributed by atoms with Crippen molar-refractivity contribution >= 4 is 22.6 Å². The highest BCUT2D eigenvalue weighted by molar-refractivity contribution is 7.44. The molecule has 378 valence electrons. The molecule has 1 aliphatic heterocycles. The summed E-state index contributed by atoms with van der Waals surface area (Å²) < 4.78 is 48.1. The topological polar surface area (TPSA) is 122 Å². The number of rotatable bonds is 21. The first kappa shape index (κ1) is 56.3. The van der Waals surface area contributed by atoms with E-state index in [1.165, 1.54) is 0 Å². The lowest BCUT2D eigenvalue weighted by Gasteiger charge is -2.39. The maximum absolute atomic E-state index is 13.4. The number of carbonyl (C=O) groups excluding carboxylic acids is 1. The predicted octanol–water partition coefficient (Wildman–Crippen LogP) is 13.4. The molecule has 0 bridgehead atoms. The van der Waals surface area contributed by atoms with E-state index in [9.17, 15) is 10.1 Å². The summed E-state index contributed by atoms with van der Waals surface area (Å²) in [7, 11) is -0.631. The lowest BCUT2D eigenvalue weighted by Crippen LogP contribution is -2.43. The second kappa shape index (κ2) is 24.7. The molecule has 3 aromatic carbocycles. The fourth-order valence-corrected chi connectivity index (χ4v) is 16.7.